The van der Waals surface area contributed by atoms with E-state index in [9.17, 15) is 4.79 Å². The topological polar surface area (TPSA) is 98.2 Å². The molecule has 1 N–H and O–H groups in total. The van der Waals surface area contributed by atoms with Crippen molar-refractivity contribution in [3.8, 4) is 0 Å². The molecule has 0 aromatic carbocycles. The fraction of sp³-hybridized carbons (Fsp3) is 0.182. The first-order chi connectivity index (χ1) is 9.15. The number of carboxylic acid groups (broad SMARTS) is 1. The number of rotatable bonds is 3. The Balaban J connectivity index is 1.94. The minimum atomic E-state index is -1.08. The molecule has 0 fully saturated rings. The minimum Gasteiger partial charge on any atom is -0.476 e. The number of aromatic nitrogens is 6. The van der Waals surface area contributed by atoms with Crippen molar-refractivity contribution in [3.63, 3.8) is 0 Å². The molecule has 0 bridgehead atoms. The molecule has 0 spiro atoms. The number of hydrogen-bond donors (Lipinski definition) is 1. The maximum atomic E-state index is 10.9. The van der Waals surface area contributed by atoms with Crippen LogP contribution in [0.3, 0.4) is 0 Å². The van der Waals surface area contributed by atoms with Gasteiger partial charge in [0.1, 0.15) is 0 Å². The van der Waals surface area contributed by atoms with Gasteiger partial charge in [-0.3, -0.25) is 4.40 Å². The largest absolute Gasteiger partial charge is 0.476 e. The summed E-state index contributed by atoms with van der Waals surface area (Å²) in [5.74, 6) is -0.492. The van der Waals surface area contributed by atoms with E-state index in [1.165, 1.54) is 4.68 Å². The summed E-state index contributed by atoms with van der Waals surface area (Å²) in [6.07, 6.45) is 5.33. The zero-order valence-electron chi connectivity index (χ0n) is 10.1. The number of nitrogens with zero attached hydrogens (tertiary/aromatic N) is 6. The molecular weight excluding hydrogens is 248 g/mol. The molecule has 0 saturated heterocycles. The summed E-state index contributed by atoms with van der Waals surface area (Å²) in [5, 5.41) is 16.4. The number of hydrogen-bond acceptors (Lipinski definition) is 5. The van der Waals surface area contributed by atoms with Crippen LogP contribution >= 0.6 is 0 Å². The summed E-state index contributed by atoms with van der Waals surface area (Å²) in [4.78, 5) is 19.3. The Bertz CT molecular complexity index is 726. The highest BCUT2D eigenvalue weighted by Gasteiger charge is 2.15. The summed E-state index contributed by atoms with van der Waals surface area (Å²) in [6, 6.07) is 1.81. The molecule has 8 heteroatoms. The highest BCUT2D eigenvalue weighted by atomic mass is 16.4. The van der Waals surface area contributed by atoms with Gasteiger partial charge < -0.3 is 5.11 Å². The van der Waals surface area contributed by atoms with Gasteiger partial charge in [0.25, 0.3) is 0 Å². The third-order valence-electron chi connectivity index (χ3n) is 2.78. The Labute approximate surface area is 107 Å². The predicted octanol–water partition coefficient (Wildman–Crippen LogP) is 0.376. The van der Waals surface area contributed by atoms with E-state index in [1.807, 2.05) is 18.5 Å². The highest BCUT2D eigenvalue weighted by molar-refractivity contribution is 5.86. The van der Waals surface area contributed by atoms with Crippen LogP contribution in [0.4, 0.5) is 0 Å². The lowest BCUT2D eigenvalue weighted by Gasteiger charge is -1.99. The van der Waals surface area contributed by atoms with Crippen molar-refractivity contribution in [2.45, 2.75) is 13.5 Å². The molecule has 0 unspecified atom stereocenters. The van der Waals surface area contributed by atoms with E-state index in [0.29, 0.717) is 18.0 Å². The predicted molar refractivity (Wildman–Crippen MR) is 63.8 cm³/mol. The van der Waals surface area contributed by atoms with Gasteiger partial charge in [-0.1, -0.05) is 5.21 Å². The quantitative estimate of drug-likeness (QED) is 0.729. The molecule has 3 aromatic rings. The first-order valence-electron chi connectivity index (χ1n) is 5.57. The highest BCUT2D eigenvalue weighted by Crippen LogP contribution is 2.08. The Morgan fingerprint density at radius 1 is 1.47 bits per heavy atom. The van der Waals surface area contributed by atoms with Crippen molar-refractivity contribution < 1.29 is 9.90 Å². The van der Waals surface area contributed by atoms with Gasteiger partial charge in [0, 0.05) is 18.6 Å². The standard InChI is InChI=1S/C11H10N6O2/c1-7-9(10(18)19)14-15-17(7)6-8-5-16-4-2-3-12-11(16)13-8/h2-5H,6H2,1H3,(H,18,19). The molecule has 0 aliphatic heterocycles. The van der Waals surface area contributed by atoms with Crippen LogP contribution in [0.25, 0.3) is 5.78 Å². The second-order valence-electron chi connectivity index (χ2n) is 4.05. The number of aromatic carboxylic acids is 1. The molecule has 0 saturated carbocycles. The molecule has 0 aliphatic carbocycles. The average Bonchev–Trinajstić information content (AvgIpc) is 2.94. The zero-order valence-corrected chi connectivity index (χ0v) is 10.1. The van der Waals surface area contributed by atoms with Gasteiger partial charge in [-0.2, -0.15) is 0 Å². The Morgan fingerprint density at radius 2 is 2.32 bits per heavy atom. The van der Waals surface area contributed by atoms with Crippen molar-refractivity contribution in [3.05, 3.63) is 41.7 Å². The van der Waals surface area contributed by atoms with Crippen molar-refractivity contribution >= 4 is 11.7 Å². The smallest absolute Gasteiger partial charge is 0.358 e. The summed E-state index contributed by atoms with van der Waals surface area (Å²) in [6.45, 7) is 2.02. The SMILES string of the molecule is Cc1c(C(=O)O)nnn1Cc1cn2cccnc2n1. The van der Waals surface area contributed by atoms with Crippen LogP contribution in [-0.2, 0) is 6.54 Å². The molecule has 0 radical (unpaired) electrons. The molecule has 3 aromatic heterocycles. The summed E-state index contributed by atoms with van der Waals surface area (Å²) < 4.78 is 3.30. The van der Waals surface area contributed by atoms with E-state index in [1.54, 1.807) is 17.5 Å². The second kappa shape index (κ2) is 4.16. The lowest BCUT2D eigenvalue weighted by molar-refractivity contribution is 0.0689. The van der Waals surface area contributed by atoms with Crippen LogP contribution < -0.4 is 0 Å². The maximum Gasteiger partial charge on any atom is 0.358 e. The summed E-state index contributed by atoms with van der Waals surface area (Å²) >= 11 is 0. The van der Waals surface area contributed by atoms with Crippen molar-refractivity contribution in [1.29, 1.82) is 0 Å². The van der Waals surface area contributed by atoms with Gasteiger partial charge in [0.2, 0.25) is 5.78 Å². The van der Waals surface area contributed by atoms with E-state index in [2.05, 4.69) is 20.3 Å². The van der Waals surface area contributed by atoms with Gasteiger partial charge in [0.15, 0.2) is 5.69 Å². The van der Waals surface area contributed by atoms with Crippen molar-refractivity contribution in [2.75, 3.05) is 0 Å². The molecular formula is C11H10N6O2. The summed E-state index contributed by atoms with van der Waals surface area (Å²) in [5.41, 5.74) is 1.20. The molecule has 3 rings (SSSR count). The minimum absolute atomic E-state index is 0.0399. The first kappa shape index (κ1) is 11.3. The maximum absolute atomic E-state index is 10.9. The van der Waals surface area contributed by atoms with E-state index < -0.39 is 5.97 Å². The Hall–Kier alpha value is -2.77. The van der Waals surface area contributed by atoms with E-state index in [4.69, 9.17) is 5.11 Å². The normalized spacial score (nSPS) is 11.0. The van der Waals surface area contributed by atoms with Crippen LogP contribution in [0, 0.1) is 6.92 Å². The van der Waals surface area contributed by atoms with E-state index in [-0.39, 0.29) is 5.69 Å². The monoisotopic (exact) mass is 258 g/mol. The number of fused-ring (bicyclic) bond motifs is 1. The third kappa shape index (κ3) is 1.92. The van der Waals surface area contributed by atoms with Crippen molar-refractivity contribution in [1.82, 2.24) is 29.4 Å². The zero-order chi connectivity index (χ0) is 13.4. The van der Waals surface area contributed by atoms with E-state index >= 15 is 0 Å². The van der Waals surface area contributed by atoms with Crippen LogP contribution in [0.2, 0.25) is 0 Å². The first-order valence-corrected chi connectivity index (χ1v) is 5.57. The third-order valence-corrected chi connectivity index (χ3v) is 2.78. The van der Waals surface area contributed by atoms with Crippen LogP contribution in [0.15, 0.2) is 24.7 Å². The fourth-order valence-corrected chi connectivity index (χ4v) is 1.82. The lowest BCUT2D eigenvalue weighted by Crippen LogP contribution is -2.06. The van der Waals surface area contributed by atoms with Crippen molar-refractivity contribution in [2.24, 2.45) is 0 Å². The molecule has 0 atom stereocenters. The molecule has 8 nitrogen and oxygen atoms in total. The second-order valence-corrected chi connectivity index (χ2v) is 4.05. The van der Waals surface area contributed by atoms with Gasteiger partial charge in [-0.05, 0) is 13.0 Å². The molecule has 19 heavy (non-hydrogen) atoms. The number of carbonyl (C=O) groups is 1. The Morgan fingerprint density at radius 3 is 3.00 bits per heavy atom. The van der Waals surface area contributed by atoms with Gasteiger partial charge in [-0.15, -0.1) is 5.10 Å². The summed E-state index contributed by atoms with van der Waals surface area (Å²) in [7, 11) is 0. The van der Waals surface area contributed by atoms with Gasteiger partial charge >= 0.3 is 5.97 Å². The van der Waals surface area contributed by atoms with E-state index in [0.717, 1.165) is 5.69 Å². The Kier molecular flexibility index (Phi) is 2.48. The van der Waals surface area contributed by atoms with Gasteiger partial charge in [0.05, 0.1) is 17.9 Å². The average molecular weight is 258 g/mol. The molecule has 0 aliphatic rings. The number of imidazole rings is 1. The van der Waals surface area contributed by atoms with Crippen LogP contribution in [-0.4, -0.2) is 40.4 Å². The molecule has 96 valence electrons. The van der Waals surface area contributed by atoms with Crippen LogP contribution in [0.1, 0.15) is 21.9 Å². The fourth-order valence-electron chi connectivity index (χ4n) is 1.82. The lowest BCUT2D eigenvalue weighted by atomic mass is 10.3. The molecule has 3 heterocycles. The van der Waals surface area contributed by atoms with Gasteiger partial charge in [-0.25, -0.2) is 19.4 Å². The molecule has 0 amide bonds. The number of carboxylic acids is 1. The van der Waals surface area contributed by atoms with Crippen LogP contribution in [0.5, 0.6) is 0 Å².